The number of nitrogens with zero attached hydrogens (tertiary/aromatic N) is 2. The largest absolute Gasteiger partial charge is 0.469 e. The third-order valence-electron chi connectivity index (χ3n) is 3.27. The van der Waals surface area contributed by atoms with Gasteiger partial charge >= 0.3 is 5.97 Å². The summed E-state index contributed by atoms with van der Waals surface area (Å²) in [6, 6.07) is 0. The van der Waals surface area contributed by atoms with E-state index in [1.165, 1.54) is 7.11 Å². The van der Waals surface area contributed by atoms with Gasteiger partial charge in [-0.2, -0.15) is 0 Å². The van der Waals surface area contributed by atoms with Crippen molar-refractivity contribution in [1.29, 1.82) is 0 Å². The lowest BCUT2D eigenvalue weighted by molar-refractivity contribution is -0.143. The molecule has 4 heteroatoms. The van der Waals surface area contributed by atoms with Crippen molar-refractivity contribution >= 4 is 5.97 Å². The number of aromatic nitrogens is 2. The number of carbonyl (C=O) groups excluding carboxylic acids is 1. The molecule has 0 bridgehead atoms. The smallest absolute Gasteiger partial charge is 0.314 e. The van der Waals surface area contributed by atoms with Crippen molar-refractivity contribution in [3.63, 3.8) is 0 Å². The number of carbonyl (C=O) groups is 1. The standard InChI is InChI=1S/C13H20N2O2/c1-13(2,3)12-14-8-10-9(11(16)17-4)6-5-7-15(10)12/h8-9H,5-7H2,1-4H3. The lowest BCUT2D eigenvalue weighted by atomic mass is 9.93. The fourth-order valence-electron chi connectivity index (χ4n) is 2.48. The molecule has 0 saturated carbocycles. The first kappa shape index (κ1) is 12.1. The van der Waals surface area contributed by atoms with Crippen LogP contribution in [0.4, 0.5) is 0 Å². The fourth-order valence-corrected chi connectivity index (χ4v) is 2.48. The first-order valence-electron chi connectivity index (χ1n) is 6.09. The minimum atomic E-state index is -0.147. The van der Waals surface area contributed by atoms with Crippen LogP contribution in [0.1, 0.15) is 51.0 Å². The maximum atomic E-state index is 11.7. The highest BCUT2D eigenvalue weighted by atomic mass is 16.5. The van der Waals surface area contributed by atoms with Crippen LogP contribution < -0.4 is 0 Å². The van der Waals surface area contributed by atoms with Gasteiger partial charge in [0.25, 0.3) is 0 Å². The van der Waals surface area contributed by atoms with Gasteiger partial charge in [-0.05, 0) is 12.8 Å². The number of hydrogen-bond donors (Lipinski definition) is 0. The molecule has 0 aromatic carbocycles. The van der Waals surface area contributed by atoms with Crippen LogP contribution in [0.2, 0.25) is 0 Å². The second-order valence-corrected chi connectivity index (χ2v) is 5.63. The number of rotatable bonds is 1. The van der Waals surface area contributed by atoms with Crippen LogP contribution in [0.3, 0.4) is 0 Å². The normalized spacial score (nSPS) is 19.9. The Morgan fingerprint density at radius 1 is 1.53 bits per heavy atom. The molecular weight excluding hydrogens is 216 g/mol. The van der Waals surface area contributed by atoms with Crippen molar-refractivity contribution in [2.75, 3.05) is 7.11 Å². The summed E-state index contributed by atoms with van der Waals surface area (Å²) in [5.74, 6) is 0.768. The van der Waals surface area contributed by atoms with E-state index in [1.54, 1.807) is 0 Å². The fraction of sp³-hybridized carbons (Fsp3) is 0.692. The van der Waals surface area contributed by atoms with Gasteiger partial charge in [0.1, 0.15) is 5.82 Å². The molecule has 4 nitrogen and oxygen atoms in total. The molecule has 0 fully saturated rings. The maximum Gasteiger partial charge on any atom is 0.314 e. The van der Waals surface area contributed by atoms with Crippen LogP contribution in [0, 0.1) is 0 Å². The van der Waals surface area contributed by atoms with Gasteiger partial charge in [0, 0.05) is 18.2 Å². The summed E-state index contributed by atoms with van der Waals surface area (Å²) in [5, 5.41) is 0. The van der Waals surface area contributed by atoms with E-state index in [1.807, 2.05) is 6.20 Å². The number of imidazole rings is 1. The second-order valence-electron chi connectivity index (χ2n) is 5.63. The highest BCUT2D eigenvalue weighted by Gasteiger charge is 2.32. The zero-order chi connectivity index (χ0) is 12.6. The summed E-state index contributed by atoms with van der Waals surface area (Å²) in [5.41, 5.74) is 1.02. The summed E-state index contributed by atoms with van der Waals surface area (Å²) in [6.45, 7) is 7.38. The number of esters is 1. The summed E-state index contributed by atoms with van der Waals surface area (Å²) >= 11 is 0. The molecule has 1 aromatic heterocycles. The van der Waals surface area contributed by atoms with Gasteiger partial charge < -0.3 is 9.30 Å². The molecule has 94 valence electrons. The summed E-state index contributed by atoms with van der Waals surface area (Å²) in [4.78, 5) is 16.2. The van der Waals surface area contributed by atoms with E-state index in [4.69, 9.17) is 4.74 Å². The third kappa shape index (κ3) is 2.08. The molecule has 1 unspecified atom stereocenters. The van der Waals surface area contributed by atoms with Crippen LogP contribution >= 0.6 is 0 Å². The van der Waals surface area contributed by atoms with Crippen LogP contribution in [-0.2, 0) is 21.5 Å². The van der Waals surface area contributed by atoms with Crippen molar-refractivity contribution in [2.24, 2.45) is 0 Å². The average molecular weight is 236 g/mol. The molecule has 0 aliphatic carbocycles. The molecule has 1 aromatic rings. The Labute approximate surface area is 102 Å². The van der Waals surface area contributed by atoms with Crippen LogP contribution in [0.25, 0.3) is 0 Å². The van der Waals surface area contributed by atoms with E-state index in [0.717, 1.165) is 30.9 Å². The number of hydrogen-bond acceptors (Lipinski definition) is 3. The Kier molecular flexibility index (Phi) is 2.98. The number of fused-ring (bicyclic) bond motifs is 1. The average Bonchev–Trinajstić information content (AvgIpc) is 2.70. The molecule has 17 heavy (non-hydrogen) atoms. The van der Waals surface area contributed by atoms with Crippen molar-refractivity contribution in [2.45, 2.75) is 51.5 Å². The first-order valence-corrected chi connectivity index (χ1v) is 6.09. The van der Waals surface area contributed by atoms with Crippen LogP contribution in [0.15, 0.2) is 6.20 Å². The molecule has 0 amide bonds. The third-order valence-corrected chi connectivity index (χ3v) is 3.27. The zero-order valence-electron chi connectivity index (χ0n) is 11.0. The summed E-state index contributed by atoms with van der Waals surface area (Å²) < 4.78 is 7.05. The molecule has 0 saturated heterocycles. The van der Waals surface area contributed by atoms with Crippen LogP contribution in [0.5, 0.6) is 0 Å². The summed E-state index contributed by atoms with van der Waals surface area (Å²) in [7, 11) is 1.45. The lowest BCUT2D eigenvalue weighted by Crippen LogP contribution is -2.27. The number of methoxy groups -OCH3 is 1. The van der Waals surface area contributed by atoms with Crippen molar-refractivity contribution in [1.82, 2.24) is 9.55 Å². The Bertz CT molecular complexity index is 429. The van der Waals surface area contributed by atoms with Crippen molar-refractivity contribution in [3.05, 3.63) is 17.7 Å². The van der Waals surface area contributed by atoms with E-state index in [-0.39, 0.29) is 17.3 Å². The van der Waals surface area contributed by atoms with E-state index in [9.17, 15) is 4.79 Å². The van der Waals surface area contributed by atoms with Gasteiger partial charge in [-0.25, -0.2) is 4.98 Å². The lowest BCUT2D eigenvalue weighted by Gasteiger charge is -2.27. The molecule has 0 N–H and O–H groups in total. The molecule has 2 heterocycles. The highest BCUT2D eigenvalue weighted by Crippen LogP contribution is 2.32. The molecule has 0 radical (unpaired) electrons. The second kappa shape index (κ2) is 4.17. The predicted molar refractivity (Wildman–Crippen MR) is 64.9 cm³/mol. The Morgan fingerprint density at radius 3 is 2.82 bits per heavy atom. The van der Waals surface area contributed by atoms with Crippen molar-refractivity contribution in [3.8, 4) is 0 Å². The predicted octanol–water partition coefficient (Wildman–Crippen LogP) is 2.23. The van der Waals surface area contributed by atoms with Crippen molar-refractivity contribution < 1.29 is 9.53 Å². The highest BCUT2D eigenvalue weighted by molar-refractivity contribution is 5.77. The molecule has 1 atom stereocenters. The van der Waals surface area contributed by atoms with Gasteiger partial charge in [0.15, 0.2) is 0 Å². The number of ether oxygens (including phenoxy) is 1. The monoisotopic (exact) mass is 236 g/mol. The van der Waals surface area contributed by atoms with Gasteiger partial charge in [-0.1, -0.05) is 20.8 Å². The molecule has 1 aliphatic rings. The van der Waals surface area contributed by atoms with Gasteiger partial charge in [-0.15, -0.1) is 0 Å². The molecule has 2 rings (SSSR count). The van der Waals surface area contributed by atoms with E-state index >= 15 is 0 Å². The minimum absolute atomic E-state index is 0.0102. The molecule has 1 aliphatic heterocycles. The van der Waals surface area contributed by atoms with Gasteiger partial charge in [-0.3, -0.25) is 4.79 Å². The quantitative estimate of drug-likeness (QED) is 0.702. The zero-order valence-corrected chi connectivity index (χ0v) is 11.0. The molecule has 0 spiro atoms. The Hall–Kier alpha value is -1.32. The van der Waals surface area contributed by atoms with E-state index in [0.29, 0.717) is 0 Å². The first-order chi connectivity index (χ1) is 7.95. The minimum Gasteiger partial charge on any atom is -0.469 e. The van der Waals surface area contributed by atoms with E-state index in [2.05, 4.69) is 30.3 Å². The molecular formula is C13H20N2O2. The SMILES string of the molecule is COC(=O)C1CCCn2c1cnc2C(C)(C)C. The topological polar surface area (TPSA) is 44.1 Å². The van der Waals surface area contributed by atoms with Crippen LogP contribution in [-0.4, -0.2) is 22.6 Å². The maximum absolute atomic E-state index is 11.7. The van der Waals surface area contributed by atoms with Gasteiger partial charge in [0.2, 0.25) is 0 Å². The summed E-state index contributed by atoms with van der Waals surface area (Å²) in [6.07, 6.45) is 3.70. The van der Waals surface area contributed by atoms with Gasteiger partial charge in [0.05, 0.1) is 18.7 Å². The van der Waals surface area contributed by atoms with E-state index < -0.39 is 0 Å². The Morgan fingerprint density at radius 2 is 2.24 bits per heavy atom. The Balaban J connectivity index is 2.42.